The number of ether oxygens (including phenoxy) is 1. The lowest BCUT2D eigenvalue weighted by Gasteiger charge is -2.11. The highest BCUT2D eigenvalue weighted by atomic mass is 79.9. The van der Waals surface area contributed by atoms with Crippen molar-refractivity contribution in [3.8, 4) is 5.75 Å². The minimum atomic E-state index is -0.331. The zero-order valence-electron chi connectivity index (χ0n) is 17.1. The smallest absolute Gasteiger partial charge is 0.257 e. The van der Waals surface area contributed by atoms with E-state index in [1.165, 1.54) is 0 Å². The molecule has 4 rings (SSSR count). The van der Waals surface area contributed by atoms with Crippen molar-refractivity contribution in [2.45, 2.75) is 6.42 Å². The summed E-state index contributed by atoms with van der Waals surface area (Å²) >= 11 is 20.8. The molecule has 3 aromatic carbocycles. The van der Waals surface area contributed by atoms with Gasteiger partial charge in [0, 0.05) is 22.7 Å². The fourth-order valence-electron chi connectivity index (χ4n) is 3.11. The van der Waals surface area contributed by atoms with E-state index in [1.54, 1.807) is 37.4 Å². The number of nitrogens with one attached hydrogen (secondary N) is 2. The zero-order valence-corrected chi connectivity index (χ0v) is 21.0. The molecule has 0 fully saturated rings. The number of oxazole rings is 1. The molecule has 4 aromatic rings. The fraction of sp³-hybridized carbons (Fsp3) is 0.0870. The van der Waals surface area contributed by atoms with Crippen molar-refractivity contribution in [2.75, 3.05) is 12.4 Å². The highest BCUT2D eigenvalue weighted by molar-refractivity contribution is 9.10. The second-order valence-electron chi connectivity index (χ2n) is 6.97. The summed E-state index contributed by atoms with van der Waals surface area (Å²) in [6, 6.07) is 15.9. The Balaban J connectivity index is 1.37. The van der Waals surface area contributed by atoms with E-state index in [1.807, 2.05) is 24.3 Å². The van der Waals surface area contributed by atoms with Gasteiger partial charge in [-0.1, -0.05) is 35.3 Å². The largest absolute Gasteiger partial charge is 0.496 e. The van der Waals surface area contributed by atoms with Crippen LogP contribution in [0, 0.1) is 0 Å². The molecule has 0 radical (unpaired) electrons. The second kappa shape index (κ2) is 10.1. The molecule has 10 heteroatoms. The number of benzene rings is 3. The van der Waals surface area contributed by atoms with Gasteiger partial charge in [-0.3, -0.25) is 10.1 Å². The van der Waals surface area contributed by atoms with Gasteiger partial charge in [0.15, 0.2) is 16.6 Å². The van der Waals surface area contributed by atoms with Crippen LogP contribution in [0.1, 0.15) is 21.8 Å². The summed E-state index contributed by atoms with van der Waals surface area (Å²) in [4.78, 5) is 16.9. The van der Waals surface area contributed by atoms with Gasteiger partial charge >= 0.3 is 0 Å². The van der Waals surface area contributed by atoms with Gasteiger partial charge in [0.05, 0.1) is 16.6 Å². The van der Waals surface area contributed by atoms with E-state index in [4.69, 9.17) is 44.6 Å². The molecule has 1 aromatic heterocycles. The minimum absolute atomic E-state index is 0.185. The number of thiocarbonyl (C=S) groups is 1. The number of amides is 1. The number of hydrogen-bond donors (Lipinski definition) is 2. The number of nitrogens with zero attached hydrogens (tertiary/aromatic N) is 1. The zero-order chi connectivity index (χ0) is 23.5. The molecular weight excluding hydrogens is 549 g/mol. The van der Waals surface area contributed by atoms with Gasteiger partial charge in [-0.05, 0) is 76.2 Å². The molecule has 0 bridgehead atoms. The monoisotopic (exact) mass is 563 g/mol. The number of anilines is 1. The normalized spacial score (nSPS) is 10.8. The van der Waals surface area contributed by atoms with Gasteiger partial charge in [0.1, 0.15) is 11.3 Å². The third-order valence-electron chi connectivity index (χ3n) is 4.66. The van der Waals surface area contributed by atoms with Crippen LogP contribution in [0.15, 0.2) is 63.5 Å². The average molecular weight is 565 g/mol. The molecule has 0 unspecified atom stereocenters. The molecule has 1 amide bonds. The van der Waals surface area contributed by atoms with Crippen molar-refractivity contribution in [1.82, 2.24) is 10.3 Å². The molecular formula is C23H16BrCl2N3O3S. The number of rotatable bonds is 5. The van der Waals surface area contributed by atoms with Crippen molar-refractivity contribution in [2.24, 2.45) is 0 Å². The Morgan fingerprint density at radius 2 is 1.91 bits per heavy atom. The maximum atomic E-state index is 12.4. The van der Waals surface area contributed by atoms with E-state index in [9.17, 15) is 4.79 Å². The summed E-state index contributed by atoms with van der Waals surface area (Å²) in [7, 11) is 1.56. The van der Waals surface area contributed by atoms with Crippen LogP contribution >= 0.6 is 51.3 Å². The summed E-state index contributed by atoms with van der Waals surface area (Å²) in [5, 5.41) is 6.77. The van der Waals surface area contributed by atoms with Gasteiger partial charge in [0.2, 0.25) is 0 Å². The van der Waals surface area contributed by atoms with Crippen molar-refractivity contribution in [1.29, 1.82) is 0 Å². The Hall–Kier alpha value is -2.65. The second-order valence-corrected chi connectivity index (χ2v) is 9.08. The summed E-state index contributed by atoms with van der Waals surface area (Å²) in [5.74, 6) is 0.836. The molecule has 0 aliphatic heterocycles. The van der Waals surface area contributed by atoms with Crippen LogP contribution in [0.2, 0.25) is 10.0 Å². The Labute approximate surface area is 213 Å². The third-order valence-corrected chi connectivity index (χ3v) is 5.98. The van der Waals surface area contributed by atoms with E-state index in [0.717, 1.165) is 11.3 Å². The number of methoxy groups -OCH3 is 1. The molecule has 1 heterocycles. The number of aromatic nitrogens is 1. The molecule has 168 valence electrons. The van der Waals surface area contributed by atoms with Crippen LogP contribution in [0.3, 0.4) is 0 Å². The number of halogens is 3. The summed E-state index contributed by atoms with van der Waals surface area (Å²) in [6.07, 6.45) is 0.483. The van der Waals surface area contributed by atoms with Crippen LogP contribution in [-0.4, -0.2) is 23.1 Å². The maximum Gasteiger partial charge on any atom is 0.257 e. The summed E-state index contributed by atoms with van der Waals surface area (Å²) in [5.41, 5.74) is 3.28. The van der Waals surface area contributed by atoms with Crippen molar-refractivity contribution >= 4 is 79.2 Å². The lowest BCUT2D eigenvalue weighted by Crippen LogP contribution is -2.34. The van der Waals surface area contributed by atoms with Gasteiger partial charge in [-0.2, -0.15) is 0 Å². The lowest BCUT2D eigenvalue weighted by molar-refractivity contribution is 0.0977. The molecule has 6 nitrogen and oxygen atoms in total. The van der Waals surface area contributed by atoms with Gasteiger partial charge in [-0.15, -0.1) is 0 Å². The van der Waals surface area contributed by atoms with E-state index >= 15 is 0 Å². The SMILES string of the molecule is COc1ccc(C(=O)NC(=S)Nc2ccc(Cc3nc4cc(Cl)cc(Cl)c4o3)cc2)cc1Br. The maximum absolute atomic E-state index is 12.4. The number of carbonyl (C=O) groups is 1. The first-order valence-electron chi connectivity index (χ1n) is 9.61. The van der Waals surface area contributed by atoms with Crippen molar-refractivity contribution in [3.63, 3.8) is 0 Å². The van der Waals surface area contributed by atoms with E-state index in [-0.39, 0.29) is 11.0 Å². The molecule has 0 atom stereocenters. The summed E-state index contributed by atoms with van der Waals surface area (Å²) in [6.45, 7) is 0. The van der Waals surface area contributed by atoms with Crippen molar-refractivity contribution < 1.29 is 13.9 Å². The Bertz CT molecular complexity index is 1360. The van der Waals surface area contributed by atoms with Crippen LogP contribution in [0.4, 0.5) is 5.69 Å². The first-order chi connectivity index (χ1) is 15.8. The first kappa shape index (κ1) is 23.5. The highest BCUT2D eigenvalue weighted by Gasteiger charge is 2.13. The predicted octanol–water partition coefficient (Wildman–Crippen LogP) is 6.62. The summed E-state index contributed by atoms with van der Waals surface area (Å²) < 4.78 is 11.6. The topological polar surface area (TPSA) is 76.4 Å². The van der Waals surface area contributed by atoms with Crippen LogP contribution in [-0.2, 0) is 6.42 Å². The molecule has 0 saturated heterocycles. The standard InChI is InChI=1S/C23H16BrCl2N3O3S/c1-31-19-7-4-13(9-16(19)24)22(30)29-23(33)27-15-5-2-12(3-6-15)8-20-28-18-11-14(25)10-17(26)21(18)32-20/h2-7,9-11H,8H2,1H3,(H2,27,29,30,33). The van der Waals surface area contributed by atoms with Gasteiger partial charge in [0.25, 0.3) is 5.91 Å². The van der Waals surface area contributed by atoms with Crippen LogP contribution in [0.25, 0.3) is 11.1 Å². The molecule has 2 N–H and O–H groups in total. The third kappa shape index (κ3) is 5.65. The number of hydrogen-bond acceptors (Lipinski definition) is 5. The van der Waals surface area contributed by atoms with E-state index in [2.05, 4.69) is 31.5 Å². The molecule has 0 aliphatic carbocycles. The molecule has 33 heavy (non-hydrogen) atoms. The van der Waals surface area contributed by atoms with Crippen LogP contribution < -0.4 is 15.4 Å². The number of carbonyl (C=O) groups excluding carboxylic acids is 1. The Morgan fingerprint density at radius 3 is 2.61 bits per heavy atom. The molecule has 0 aliphatic rings. The first-order valence-corrected chi connectivity index (χ1v) is 11.6. The quantitative estimate of drug-likeness (QED) is 0.265. The van der Waals surface area contributed by atoms with Crippen LogP contribution in [0.5, 0.6) is 5.75 Å². The highest BCUT2D eigenvalue weighted by Crippen LogP contribution is 2.29. The fourth-order valence-corrected chi connectivity index (χ4v) is 4.38. The van der Waals surface area contributed by atoms with E-state index < -0.39 is 0 Å². The number of fused-ring (bicyclic) bond motifs is 1. The van der Waals surface area contributed by atoms with E-state index in [0.29, 0.717) is 49.2 Å². The Kier molecular flexibility index (Phi) is 7.19. The average Bonchev–Trinajstić information content (AvgIpc) is 3.17. The lowest BCUT2D eigenvalue weighted by atomic mass is 10.1. The minimum Gasteiger partial charge on any atom is -0.496 e. The van der Waals surface area contributed by atoms with Crippen molar-refractivity contribution in [3.05, 3.63) is 86.1 Å². The molecule has 0 spiro atoms. The Morgan fingerprint density at radius 1 is 1.15 bits per heavy atom. The van der Waals surface area contributed by atoms with Gasteiger partial charge in [-0.25, -0.2) is 4.98 Å². The van der Waals surface area contributed by atoms with Gasteiger partial charge < -0.3 is 14.5 Å². The molecule has 0 saturated carbocycles. The predicted molar refractivity (Wildman–Crippen MR) is 138 cm³/mol.